The van der Waals surface area contributed by atoms with Gasteiger partial charge in [-0.15, -0.1) is 0 Å². The minimum absolute atomic E-state index is 0.0489. The lowest BCUT2D eigenvalue weighted by atomic mass is 9.39. The van der Waals surface area contributed by atoms with E-state index in [9.17, 15) is 5.11 Å². The van der Waals surface area contributed by atoms with Crippen molar-refractivity contribution in [3.8, 4) is 0 Å². The van der Waals surface area contributed by atoms with E-state index in [0.29, 0.717) is 16.2 Å². The second-order valence-electron chi connectivity index (χ2n) is 10.3. The molecule has 0 radical (unpaired) electrons. The highest BCUT2D eigenvalue weighted by molar-refractivity contribution is 5.10. The molecule has 4 saturated carbocycles. The van der Waals surface area contributed by atoms with Gasteiger partial charge in [0.05, 0.1) is 6.10 Å². The highest BCUT2D eigenvalue weighted by Gasteiger charge is 2.59. The Morgan fingerprint density at radius 3 is 2.10 bits per heavy atom. The van der Waals surface area contributed by atoms with E-state index in [1.54, 1.807) is 0 Å². The summed E-state index contributed by atoms with van der Waals surface area (Å²) < 4.78 is 0. The van der Waals surface area contributed by atoms with Crippen LogP contribution in [0, 0.1) is 28.1 Å². The summed E-state index contributed by atoms with van der Waals surface area (Å²) in [6, 6.07) is 0. The van der Waals surface area contributed by atoms with Gasteiger partial charge >= 0.3 is 0 Å². The molecule has 4 bridgehead atoms. The van der Waals surface area contributed by atoms with Crippen molar-refractivity contribution in [2.45, 2.75) is 98.0 Å². The highest BCUT2D eigenvalue weighted by Crippen LogP contribution is 2.70. The fourth-order valence-electron chi connectivity index (χ4n) is 7.28. The molecule has 3 unspecified atom stereocenters. The van der Waals surface area contributed by atoms with Gasteiger partial charge in [0.2, 0.25) is 0 Å². The maximum Gasteiger partial charge on any atom is 0.0545 e. The molecule has 4 fully saturated rings. The van der Waals surface area contributed by atoms with Gasteiger partial charge in [0, 0.05) is 0 Å². The molecule has 0 saturated heterocycles. The minimum Gasteiger partial charge on any atom is -0.393 e. The fourth-order valence-corrected chi connectivity index (χ4v) is 7.28. The number of hydrogen-bond donors (Lipinski definition) is 1. The standard InChI is InChI=1S/C20H36O/c1-15(2)6-5-7-17(21)11-20-10-16-8-18(3,13-20)12-19(4,9-16)14-20/h15-17,21H,5-14H2,1-4H3. The Bertz CT molecular complexity index is 367. The van der Waals surface area contributed by atoms with Gasteiger partial charge in [0.25, 0.3) is 0 Å². The largest absolute Gasteiger partial charge is 0.393 e. The van der Waals surface area contributed by atoms with E-state index < -0.39 is 0 Å². The molecular weight excluding hydrogens is 256 g/mol. The van der Waals surface area contributed by atoms with E-state index in [1.807, 2.05) is 0 Å². The van der Waals surface area contributed by atoms with Crippen molar-refractivity contribution in [3.05, 3.63) is 0 Å². The van der Waals surface area contributed by atoms with Crippen LogP contribution in [0.25, 0.3) is 0 Å². The molecule has 21 heavy (non-hydrogen) atoms. The Morgan fingerprint density at radius 1 is 0.952 bits per heavy atom. The van der Waals surface area contributed by atoms with E-state index in [4.69, 9.17) is 0 Å². The molecule has 0 heterocycles. The second kappa shape index (κ2) is 5.25. The molecule has 1 nitrogen and oxygen atoms in total. The number of hydrogen-bond acceptors (Lipinski definition) is 1. The molecule has 122 valence electrons. The van der Waals surface area contributed by atoms with Crippen LogP contribution in [0.15, 0.2) is 0 Å². The lowest BCUT2D eigenvalue weighted by Crippen LogP contribution is -2.55. The van der Waals surface area contributed by atoms with Crippen molar-refractivity contribution in [2.24, 2.45) is 28.1 Å². The topological polar surface area (TPSA) is 20.2 Å². The Labute approximate surface area is 131 Å². The van der Waals surface area contributed by atoms with Crippen LogP contribution in [-0.4, -0.2) is 11.2 Å². The third-order valence-electron chi connectivity index (χ3n) is 6.73. The van der Waals surface area contributed by atoms with E-state index >= 15 is 0 Å². The van der Waals surface area contributed by atoms with Crippen LogP contribution in [0.2, 0.25) is 0 Å². The molecule has 0 aliphatic heterocycles. The van der Waals surface area contributed by atoms with Gasteiger partial charge in [0.1, 0.15) is 0 Å². The fraction of sp³-hybridized carbons (Fsp3) is 1.00. The van der Waals surface area contributed by atoms with Crippen LogP contribution in [0.3, 0.4) is 0 Å². The van der Waals surface area contributed by atoms with Gasteiger partial charge in [-0.3, -0.25) is 0 Å². The average Bonchev–Trinajstić information content (AvgIpc) is 2.21. The van der Waals surface area contributed by atoms with Crippen LogP contribution in [0.5, 0.6) is 0 Å². The zero-order valence-electron chi connectivity index (χ0n) is 14.8. The number of aliphatic hydroxyl groups excluding tert-OH is 1. The third kappa shape index (κ3) is 3.33. The van der Waals surface area contributed by atoms with Gasteiger partial charge < -0.3 is 5.11 Å². The summed E-state index contributed by atoms with van der Waals surface area (Å²) >= 11 is 0. The van der Waals surface area contributed by atoms with Crippen LogP contribution in [0.4, 0.5) is 0 Å². The molecule has 0 aromatic heterocycles. The lowest BCUT2D eigenvalue weighted by Gasteiger charge is -2.66. The summed E-state index contributed by atoms with van der Waals surface area (Å²) in [6.07, 6.45) is 13.1. The SMILES string of the molecule is CC(C)CCCC(O)CC12CC3CC(C)(CC(C)(C3)C1)C2. The van der Waals surface area contributed by atoms with Crippen LogP contribution in [0.1, 0.15) is 91.9 Å². The number of aliphatic hydroxyl groups is 1. The molecule has 0 spiro atoms. The van der Waals surface area contributed by atoms with E-state index in [-0.39, 0.29) is 6.10 Å². The van der Waals surface area contributed by atoms with Crippen molar-refractivity contribution in [1.82, 2.24) is 0 Å². The monoisotopic (exact) mass is 292 g/mol. The third-order valence-corrected chi connectivity index (χ3v) is 6.73. The Balaban J connectivity index is 1.62. The molecular formula is C20H36O. The first-order valence-electron chi connectivity index (χ1n) is 9.40. The second-order valence-corrected chi connectivity index (χ2v) is 10.3. The Morgan fingerprint density at radius 2 is 1.57 bits per heavy atom. The summed E-state index contributed by atoms with van der Waals surface area (Å²) in [5, 5.41) is 10.6. The summed E-state index contributed by atoms with van der Waals surface area (Å²) in [4.78, 5) is 0. The molecule has 3 atom stereocenters. The normalized spacial score (nSPS) is 46.3. The van der Waals surface area contributed by atoms with Crippen molar-refractivity contribution >= 4 is 0 Å². The molecule has 0 aromatic carbocycles. The minimum atomic E-state index is -0.0489. The maximum absolute atomic E-state index is 10.6. The zero-order valence-corrected chi connectivity index (χ0v) is 14.8. The Kier molecular flexibility index (Phi) is 3.96. The molecule has 4 aliphatic rings. The van der Waals surface area contributed by atoms with Gasteiger partial charge in [0.15, 0.2) is 0 Å². The van der Waals surface area contributed by atoms with Crippen LogP contribution in [-0.2, 0) is 0 Å². The van der Waals surface area contributed by atoms with Gasteiger partial charge in [-0.1, -0.05) is 40.5 Å². The average molecular weight is 293 g/mol. The van der Waals surface area contributed by atoms with Gasteiger partial charge in [-0.25, -0.2) is 0 Å². The number of rotatable bonds is 6. The first-order chi connectivity index (χ1) is 9.72. The van der Waals surface area contributed by atoms with Crippen LogP contribution >= 0.6 is 0 Å². The van der Waals surface area contributed by atoms with E-state index in [2.05, 4.69) is 27.7 Å². The van der Waals surface area contributed by atoms with Crippen molar-refractivity contribution in [2.75, 3.05) is 0 Å². The molecule has 4 rings (SSSR count). The van der Waals surface area contributed by atoms with Crippen molar-refractivity contribution in [3.63, 3.8) is 0 Å². The first-order valence-corrected chi connectivity index (χ1v) is 9.40. The Hall–Kier alpha value is -0.0400. The molecule has 0 aromatic rings. The van der Waals surface area contributed by atoms with E-state index in [0.717, 1.165) is 24.7 Å². The maximum atomic E-state index is 10.6. The van der Waals surface area contributed by atoms with Crippen LogP contribution < -0.4 is 0 Å². The predicted molar refractivity (Wildman–Crippen MR) is 89.2 cm³/mol. The van der Waals surface area contributed by atoms with Gasteiger partial charge in [-0.05, 0) is 79.4 Å². The summed E-state index contributed by atoms with van der Waals surface area (Å²) in [7, 11) is 0. The summed E-state index contributed by atoms with van der Waals surface area (Å²) in [5.74, 6) is 1.73. The first kappa shape index (κ1) is 15.8. The quantitative estimate of drug-likeness (QED) is 0.679. The molecule has 4 aliphatic carbocycles. The summed E-state index contributed by atoms with van der Waals surface area (Å²) in [6.45, 7) is 9.64. The predicted octanol–water partition coefficient (Wildman–Crippen LogP) is 5.56. The molecule has 1 N–H and O–H groups in total. The van der Waals surface area contributed by atoms with Crippen molar-refractivity contribution in [1.29, 1.82) is 0 Å². The lowest BCUT2D eigenvalue weighted by molar-refractivity contribution is -0.157. The van der Waals surface area contributed by atoms with Crippen molar-refractivity contribution < 1.29 is 5.11 Å². The molecule has 0 amide bonds. The smallest absolute Gasteiger partial charge is 0.0545 e. The van der Waals surface area contributed by atoms with Gasteiger partial charge in [-0.2, -0.15) is 0 Å². The summed E-state index contributed by atoms with van der Waals surface area (Å²) in [5.41, 5.74) is 1.66. The zero-order chi connectivity index (χ0) is 15.3. The molecule has 1 heteroatoms. The highest BCUT2D eigenvalue weighted by atomic mass is 16.3. The van der Waals surface area contributed by atoms with E-state index in [1.165, 1.54) is 51.4 Å².